The Labute approximate surface area is 144 Å². The standard InChI is InChI=1S/C18H15ClN2O3/c1-12-16(11-23-15-9-7-13(19)8-10-15)17(21-24-12)18(22)20-14-5-3-2-4-6-14/h2-10H,11H2,1H3,(H,20,22). The minimum absolute atomic E-state index is 0.175. The summed E-state index contributed by atoms with van der Waals surface area (Å²) in [6, 6.07) is 16.2. The van der Waals surface area contributed by atoms with Gasteiger partial charge in [0.15, 0.2) is 5.69 Å². The van der Waals surface area contributed by atoms with Crippen LogP contribution >= 0.6 is 11.6 Å². The first-order valence-electron chi connectivity index (χ1n) is 7.33. The van der Waals surface area contributed by atoms with E-state index < -0.39 is 0 Å². The molecule has 0 saturated carbocycles. The SMILES string of the molecule is Cc1onc(C(=O)Nc2ccccc2)c1COc1ccc(Cl)cc1. The van der Waals surface area contributed by atoms with Crippen LogP contribution in [0.1, 0.15) is 21.8 Å². The van der Waals surface area contributed by atoms with Crippen LogP contribution in [0.4, 0.5) is 5.69 Å². The van der Waals surface area contributed by atoms with Crippen LogP contribution in [0.2, 0.25) is 5.02 Å². The number of anilines is 1. The zero-order valence-corrected chi connectivity index (χ0v) is 13.7. The van der Waals surface area contributed by atoms with Crippen molar-refractivity contribution in [2.45, 2.75) is 13.5 Å². The molecule has 122 valence electrons. The fourth-order valence-electron chi connectivity index (χ4n) is 2.14. The second-order valence-corrected chi connectivity index (χ2v) is 5.57. The van der Waals surface area contributed by atoms with E-state index in [-0.39, 0.29) is 18.2 Å². The number of benzene rings is 2. The molecule has 5 nitrogen and oxygen atoms in total. The Bertz CT molecular complexity index is 829. The van der Waals surface area contributed by atoms with E-state index in [0.29, 0.717) is 27.8 Å². The lowest BCUT2D eigenvalue weighted by Crippen LogP contribution is -2.15. The monoisotopic (exact) mass is 342 g/mol. The summed E-state index contributed by atoms with van der Waals surface area (Å²) in [4.78, 5) is 12.4. The number of para-hydroxylation sites is 1. The molecule has 3 rings (SSSR count). The zero-order chi connectivity index (χ0) is 16.9. The van der Waals surface area contributed by atoms with Crippen LogP contribution in [0.5, 0.6) is 5.75 Å². The van der Waals surface area contributed by atoms with Crippen LogP contribution in [0.3, 0.4) is 0 Å². The number of carbonyl (C=O) groups excluding carboxylic acids is 1. The summed E-state index contributed by atoms with van der Waals surface area (Å²) < 4.78 is 10.8. The zero-order valence-electron chi connectivity index (χ0n) is 13.0. The molecule has 3 aromatic rings. The highest BCUT2D eigenvalue weighted by atomic mass is 35.5. The summed E-state index contributed by atoms with van der Waals surface area (Å²) in [5.74, 6) is 0.851. The van der Waals surface area contributed by atoms with Crippen molar-refractivity contribution in [3.05, 3.63) is 76.6 Å². The van der Waals surface area contributed by atoms with Crippen LogP contribution in [-0.4, -0.2) is 11.1 Å². The predicted octanol–water partition coefficient (Wildman–Crippen LogP) is 4.47. The summed E-state index contributed by atoms with van der Waals surface area (Å²) in [7, 11) is 0. The molecule has 0 aliphatic carbocycles. The van der Waals surface area contributed by atoms with Gasteiger partial charge >= 0.3 is 0 Å². The maximum Gasteiger partial charge on any atom is 0.278 e. The third-order valence-corrected chi connectivity index (χ3v) is 3.68. The Morgan fingerprint density at radius 3 is 2.58 bits per heavy atom. The minimum Gasteiger partial charge on any atom is -0.489 e. The largest absolute Gasteiger partial charge is 0.489 e. The van der Waals surface area contributed by atoms with Gasteiger partial charge in [-0.25, -0.2) is 0 Å². The van der Waals surface area contributed by atoms with Crippen molar-refractivity contribution in [1.82, 2.24) is 5.16 Å². The van der Waals surface area contributed by atoms with Gasteiger partial charge in [-0.2, -0.15) is 0 Å². The maximum absolute atomic E-state index is 12.4. The lowest BCUT2D eigenvalue weighted by atomic mass is 10.2. The van der Waals surface area contributed by atoms with E-state index in [2.05, 4.69) is 10.5 Å². The molecular weight excluding hydrogens is 328 g/mol. The molecule has 0 aliphatic heterocycles. The Kier molecular flexibility index (Phi) is 4.82. The van der Waals surface area contributed by atoms with Crippen molar-refractivity contribution in [3.8, 4) is 5.75 Å². The van der Waals surface area contributed by atoms with Crippen LogP contribution in [0, 0.1) is 6.92 Å². The molecule has 0 radical (unpaired) electrons. The summed E-state index contributed by atoms with van der Waals surface area (Å²) in [6.07, 6.45) is 0. The van der Waals surface area contributed by atoms with E-state index >= 15 is 0 Å². The van der Waals surface area contributed by atoms with Gasteiger partial charge in [-0.3, -0.25) is 4.79 Å². The van der Waals surface area contributed by atoms with E-state index in [0.717, 1.165) is 0 Å². The molecule has 1 heterocycles. The van der Waals surface area contributed by atoms with Gasteiger partial charge in [-0.05, 0) is 43.3 Å². The first-order valence-corrected chi connectivity index (χ1v) is 7.71. The van der Waals surface area contributed by atoms with Crippen LogP contribution in [0.15, 0.2) is 59.1 Å². The number of nitrogens with one attached hydrogen (secondary N) is 1. The molecule has 0 saturated heterocycles. The molecule has 1 N–H and O–H groups in total. The van der Waals surface area contributed by atoms with Crippen molar-refractivity contribution < 1.29 is 14.1 Å². The van der Waals surface area contributed by atoms with Crippen LogP contribution < -0.4 is 10.1 Å². The van der Waals surface area contributed by atoms with Gasteiger partial charge in [0.25, 0.3) is 5.91 Å². The summed E-state index contributed by atoms with van der Waals surface area (Å²) >= 11 is 5.85. The molecule has 1 amide bonds. The van der Waals surface area contributed by atoms with Crippen LogP contribution in [-0.2, 0) is 6.61 Å². The molecule has 6 heteroatoms. The van der Waals surface area contributed by atoms with Gasteiger partial charge in [0.1, 0.15) is 18.1 Å². The van der Waals surface area contributed by atoms with Crippen LogP contribution in [0.25, 0.3) is 0 Å². The molecule has 0 fully saturated rings. The normalized spacial score (nSPS) is 10.4. The second-order valence-electron chi connectivity index (χ2n) is 5.13. The molecule has 0 unspecified atom stereocenters. The quantitative estimate of drug-likeness (QED) is 0.743. The first-order chi connectivity index (χ1) is 11.6. The molecular formula is C18H15ClN2O3. The van der Waals surface area contributed by atoms with E-state index in [1.54, 1.807) is 43.3 Å². The summed E-state index contributed by atoms with van der Waals surface area (Å²) in [5.41, 5.74) is 1.51. The number of hydrogen-bond acceptors (Lipinski definition) is 4. The van der Waals surface area contributed by atoms with Gasteiger partial charge in [0.2, 0.25) is 0 Å². The number of aryl methyl sites for hydroxylation is 1. The minimum atomic E-state index is -0.340. The predicted molar refractivity (Wildman–Crippen MR) is 91.4 cm³/mol. The van der Waals surface area contributed by atoms with Crippen molar-refractivity contribution in [1.29, 1.82) is 0 Å². The van der Waals surface area contributed by atoms with Crippen molar-refractivity contribution in [2.24, 2.45) is 0 Å². The van der Waals surface area contributed by atoms with Crippen molar-refractivity contribution in [3.63, 3.8) is 0 Å². The number of amides is 1. The Morgan fingerprint density at radius 2 is 1.88 bits per heavy atom. The molecule has 0 aliphatic rings. The third kappa shape index (κ3) is 3.75. The van der Waals surface area contributed by atoms with E-state index in [1.807, 2.05) is 18.2 Å². The molecule has 0 atom stereocenters. The Balaban J connectivity index is 1.73. The fourth-order valence-corrected chi connectivity index (χ4v) is 2.26. The van der Waals surface area contributed by atoms with Crippen molar-refractivity contribution >= 4 is 23.2 Å². The highest BCUT2D eigenvalue weighted by molar-refractivity contribution is 6.30. The topological polar surface area (TPSA) is 64.4 Å². The smallest absolute Gasteiger partial charge is 0.278 e. The molecule has 0 bridgehead atoms. The number of nitrogens with zero attached hydrogens (tertiary/aromatic N) is 1. The highest BCUT2D eigenvalue weighted by Crippen LogP contribution is 2.20. The second kappa shape index (κ2) is 7.19. The summed E-state index contributed by atoms with van der Waals surface area (Å²) in [5, 5.41) is 7.26. The average molecular weight is 343 g/mol. The first kappa shape index (κ1) is 16.1. The van der Waals surface area contributed by atoms with E-state index in [4.69, 9.17) is 20.9 Å². The number of ether oxygens (including phenoxy) is 1. The number of carbonyl (C=O) groups is 1. The lowest BCUT2D eigenvalue weighted by Gasteiger charge is -2.07. The molecule has 24 heavy (non-hydrogen) atoms. The summed E-state index contributed by atoms with van der Waals surface area (Å²) in [6.45, 7) is 1.92. The van der Waals surface area contributed by atoms with Crippen molar-refractivity contribution in [2.75, 3.05) is 5.32 Å². The van der Waals surface area contributed by atoms with Gasteiger partial charge in [0.05, 0.1) is 5.56 Å². The fraction of sp³-hybridized carbons (Fsp3) is 0.111. The maximum atomic E-state index is 12.4. The van der Waals surface area contributed by atoms with Gasteiger partial charge < -0.3 is 14.6 Å². The number of halogens is 1. The average Bonchev–Trinajstić information content (AvgIpc) is 2.96. The van der Waals surface area contributed by atoms with Gasteiger partial charge in [-0.15, -0.1) is 0 Å². The molecule has 1 aromatic heterocycles. The van der Waals surface area contributed by atoms with E-state index in [9.17, 15) is 4.79 Å². The Hall–Kier alpha value is -2.79. The molecule has 2 aromatic carbocycles. The third-order valence-electron chi connectivity index (χ3n) is 3.43. The van der Waals surface area contributed by atoms with Gasteiger partial charge in [0, 0.05) is 10.7 Å². The number of aromatic nitrogens is 1. The number of hydrogen-bond donors (Lipinski definition) is 1. The van der Waals surface area contributed by atoms with E-state index in [1.165, 1.54) is 0 Å². The molecule has 0 spiro atoms. The lowest BCUT2D eigenvalue weighted by molar-refractivity contribution is 0.101. The highest BCUT2D eigenvalue weighted by Gasteiger charge is 2.20. The number of rotatable bonds is 5. The van der Waals surface area contributed by atoms with Gasteiger partial charge in [-0.1, -0.05) is 35.0 Å². The Morgan fingerprint density at radius 1 is 1.17 bits per heavy atom.